The molecule has 0 bridgehead atoms. The van der Waals surface area contributed by atoms with Crippen molar-refractivity contribution >= 4 is 0 Å². The highest BCUT2D eigenvalue weighted by atomic mass is 14.9. The van der Waals surface area contributed by atoms with Gasteiger partial charge in [0.05, 0.1) is 0 Å². The van der Waals surface area contributed by atoms with E-state index >= 15 is 0 Å². The molecule has 1 nitrogen and oxygen atoms in total. The summed E-state index contributed by atoms with van der Waals surface area (Å²) < 4.78 is 0. The first-order valence-corrected chi connectivity index (χ1v) is 7.14. The van der Waals surface area contributed by atoms with Crippen molar-refractivity contribution < 1.29 is 0 Å². The molecule has 0 aromatic heterocycles. The highest BCUT2D eigenvalue weighted by molar-refractivity contribution is 4.78. The van der Waals surface area contributed by atoms with Crippen LogP contribution in [-0.4, -0.2) is 12.6 Å². The Hall–Kier alpha value is -0.0400. The number of nitrogens with one attached hydrogen (secondary N) is 1. The molecule has 0 saturated heterocycles. The summed E-state index contributed by atoms with van der Waals surface area (Å²) in [5, 5.41) is 3.76. The van der Waals surface area contributed by atoms with Crippen molar-refractivity contribution in [3.63, 3.8) is 0 Å². The molecule has 16 heavy (non-hydrogen) atoms. The van der Waals surface area contributed by atoms with E-state index < -0.39 is 0 Å². The van der Waals surface area contributed by atoms with Crippen LogP contribution in [0.15, 0.2) is 0 Å². The van der Waals surface area contributed by atoms with Crippen molar-refractivity contribution in [2.75, 3.05) is 6.54 Å². The fraction of sp³-hybridized carbons (Fsp3) is 1.00. The highest BCUT2D eigenvalue weighted by Gasteiger charge is 2.23. The molecule has 1 saturated carbocycles. The van der Waals surface area contributed by atoms with Gasteiger partial charge in [-0.15, -0.1) is 0 Å². The second-order valence-corrected chi connectivity index (χ2v) is 6.86. The van der Waals surface area contributed by atoms with Gasteiger partial charge in [0.25, 0.3) is 0 Å². The predicted octanol–water partition coefficient (Wildman–Crippen LogP) is 4.23. The van der Waals surface area contributed by atoms with Crippen LogP contribution in [0.25, 0.3) is 0 Å². The average Bonchev–Trinajstić information content (AvgIpc) is 2.25. The summed E-state index contributed by atoms with van der Waals surface area (Å²) in [7, 11) is 0. The van der Waals surface area contributed by atoms with Crippen LogP contribution >= 0.6 is 0 Å². The lowest BCUT2D eigenvalue weighted by Crippen LogP contribution is -2.39. The summed E-state index contributed by atoms with van der Waals surface area (Å²) in [6, 6.07) is 0.713. The molecular weight excluding hydrogens is 194 g/mol. The molecule has 2 unspecified atom stereocenters. The molecule has 0 aliphatic heterocycles. The minimum Gasteiger partial charge on any atom is -0.314 e. The van der Waals surface area contributed by atoms with Crippen LogP contribution in [0.5, 0.6) is 0 Å². The van der Waals surface area contributed by atoms with E-state index in [-0.39, 0.29) is 0 Å². The lowest BCUT2D eigenvalue weighted by molar-refractivity contribution is 0.220. The monoisotopic (exact) mass is 225 g/mol. The van der Waals surface area contributed by atoms with Crippen LogP contribution in [0.1, 0.15) is 66.7 Å². The molecule has 2 atom stereocenters. The summed E-state index contributed by atoms with van der Waals surface area (Å²) in [4.78, 5) is 0. The van der Waals surface area contributed by atoms with Gasteiger partial charge >= 0.3 is 0 Å². The molecule has 0 aromatic rings. The van der Waals surface area contributed by atoms with Gasteiger partial charge in [-0.1, -0.05) is 47.0 Å². The molecule has 0 radical (unpaired) electrons. The van der Waals surface area contributed by atoms with Crippen molar-refractivity contribution in [3.05, 3.63) is 0 Å². The van der Waals surface area contributed by atoms with Crippen LogP contribution in [-0.2, 0) is 0 Å². The van der Waals surface area contributed by atoms with Crippen LogP contribution in [0.3, 0.4) is 0 Å². The normalized spacial score (nSPS) is 23.1. The third-order valence-corrected chi connectivity index (χ3v) is 4.58. The molecule has 0 spiro atoms. The second kappa shape index (κ2) is 6.05. The fourth-order valence-corrected chi connectivity index (χ4v) is 2.47. The lowest BCUT2D eigenvalue weighted by atomic mass is 9.81. The average molecular weight is 225 g/mol. The third kappa shape index (κ3) is 4.45. The molecule has 0 amide bonds. The van der Waals surface area contributed by atoms with E-state index in [4.69, 9.17) is 0 Å². The molecule has 96 valence electrons. The predicted molar refractivity (Wildman–Crippen MR) is 72.7 cm³/mol. The van der Waals surface area contributed by atoms with Crippen molar-refractivity contribution in [1.29, 1.82) is 0 Å². The molecule has 0 heterocycles. The van der Waals surface area contributed by atoms with E-state index in [1.54, 1.807) is 0 Å². The minimum atomic E-state index is 0.430. The van der Waals surface area contributed by atoms with Crippen molar-refractivity contribution in [2.45, 2.75) is 72.8 Å². The van der Waals surface area contributed by atoms with E-state index in [1.165, 1.54) is 38.6 Å². The molecule has 1 rings (SSSR count). The Morgan fingerprint density at radius 3 is 2.12 bits per heavy atom. The maximum atomic E-state index is 3.76. The summed E-state index contributed by atoms with van der Waals surface area (Å²) in [5.41, 5.74) is 0.430. The standard InChI is InChI=1S/C15H31N/c1-12(15(3,4)5)11-16-13(2)14-9-7-6-8-10-14/h12-14,16H,6-11H2,1-5H3. The van der Waals surface area contributed by atoms with Gasteiger partial charge in [0.1, 0.15) is 0 Å². The molecule has 1 fully saturated rings. The van der Waals surface area contributed by atoms with Crippen molar-refractivity contribution in [2.24, 2.45) is 17.3 Å². The van der Waals surface area contributed by atoms with Crippen molar-refractivity contribution in [3.8, 4) is 0 Å². The summed E-state index contributed by atoms with van der Waals surface area (Å²) in [6.45, 7) is 12.9. The SMILES string of the molecule is CC(NCC(C)C(C)(C)C)C1CCCCC1. The largest absolute Gasteiger partial charge is 0.314 e. The van der Waals surface area contributed by atoms with E-state index in [1.807, 2.05) is 0 Å². The Labute approximate surface area is 102 Å². The van der Waals surface area contributed by atoms with Gasteiger partial charge in [0.2, 0.25) is 0 Å². The highest BCUT2D eigenvalue weighted by Crippen LogP contribution is 2.28. The maximum Gasteiger partial charge on any atom is 0.00671 e. The topological polar surface area (TPSA) is 12.0 Å². The quantitative estimate of drug-likeness (QED) is 0.755. The van der Waals surface area contributed by atoms with Gasteiger partial charge < -0.3 is 5.32 Å². The van der Waals surface area contributed by atoms with Crippen LogP contribution < -0.4 is 5.32 Å². The molecule has 0 aromatic carbocycles. The zero-order valence-corrected chi connectivity index (χ0v) is 12.0. The zero-order valence-electron chi connectivity index (χ0n) is 12.0. The van der Waals surface area contributed by atoms with E-state index in [0.29, 0.717) is 11.5 Å². The minimum absolute atomic E-state index is 0.430. The van der Waals surface area contributed by atoms with Crippen LogP contribution in [0.2, 0.25) is 0 Å². The van der Waals surface area contributed by atoms with Crippen LogP contribution in [0.4, 0.5) is 0 Å². The first-order valence-electron chi connectivity index (χ1n) is 7.14. The van der Waals surface area contributed by atoms with Gasteiger partial charge in [-0.3, -0.25) is 0 Å². The Balaban J connectivity index is 2.26. The summed E-state index contributed by atoms with van der Waals surface area (Å²) in [5.74, 6) is 1.68. The number of rotatable bonds is 4. The molecule has 1 N–H and O–H groups in total. The van der Waals surface area contributed by atoms with Gasteiger partial charge in [-0.25, -0.2) is 0 Å². The molecule has 1 aliphatic carbocycles. The number of hydrogen-bond acceptors (Lipinski definition) is 1. The van der Waals surface area contributed by atoms with Crippen LogP contribution in [0, 0.1) is 17.3 Å². The zero-order chi connectivity index (χ0) is 12.2. The molecule has 1 heteroatoms. The Morgan fingerprint density at radius 2 is 1.62 bits per heavy atom. The van der Waals surface area contributed by atoms with Crippen molar-refractivity contribution in [1.82, 2.24) is 5.32 Å². The van der Waals surface area contributed by atoms with Gasteiger partial charge in [0.15, 0.2) is 0 Å². The first-order chi connectivity index (χ1) is 7.41. The number of hydrogen-bond donors (Lipinski definition) is 1. The van der Waals surface area contributed by atoms with E-state index in [0.717, 1.165) is 11.8 Å². The Kier molecular flexibility index (Phi) is 5.30. The fourth-order valence-electron chi connectivity index (χ4n) is 2.47. The summed E-state index contributed by atoms with van der Waals surface area (Å²) >= 11 is 0. The van der Waals surface area contributed by atoms with E-state index in [2.05, 4.69) is 39.9 Å². The van der Waals surface area contributed by atoms with Gasteiger partial charge in [-0.2, -0.15) is 0 Å². The smallest absolute Gasteiger partial charge is 0.00671 e. The maximum absolute atomic E-state index is 3.76. The lowest BCUT2D eigenvalue weighted by Gasteiger charge is -2.32. The second-order valence-electron chi connectivity index (χ2n) is 6.86. The first kappa shape index (κ1) is 14.0. The summed E-state index contributed by atoms with van der Waals surface area (Å²) in [6.07, 6.45) is 7.24. The Morgan fingerprint density at radius 1 is 1.06 bits per heavy atom. The molecular formula is C15H31N. The Bertz CT molecular complexity index is 186. The third-order valence-electron chi connectivity index (χ3n) is 4.58. The van der Waals surface area contributed by atoms with E-state index in [9.17, 15) is 0 Å². The molecule has 1 aliphatic rings. The van der Waals surface area contributed by atoms with Gasteiger partial charge in [0, 0.05) is 6.04 Å². The van der Waals surface area contributed by atoms with Gasteiger partial charge in [-0.05, 0) is 43.6 Å².